The molecule has 0 saturated heterocycles. The number of hydrogen-bond acceptors (Lipinski definition) is 5. The van der Waals surface area contributed by atoms with Gasteiger partial charge in [0.05, 0.1) is 22.7 Å². The maximum Gasteiger partial charge on any atom is 0.310 e. The minimum atomic E-state index is -0.409. The molecule has 0 N–H and O–H groups in total. The van der Waals surface area contributed by atoms with Crippen molar-refractivity contribution in [3.8, 4) is 0 Å². The number of ether oxygens (including phenoxy) is 1. The Morgan fingerprint density at radius 3 is 2.56 bits per heavy atom. The number of carbonyl (C=O) groups excluding carboxylic acids is 2. The van der Waals surface area contributed by atoms with Crippen molar-refractivity contribution in [3.05, 3.63) is 64.7 Å². The largest absolute Gasteiger partial charge is 0.455 e. The zero-order valence-electron chi connectivity index (χ0n) is 15.6. The molecule has 1 heterocycles. The predicted molar refractivity (Wildman–Crippen MR) is 107 cm³/mol. The van der Waals surface area contributed by atoms with E-state index >= 15 is 0 Å². The molecule has 0 saturated carbocycles. The summed E-state index contributed by atoms with van der Waals surface area (Å²) in [6, 6.07) is 15.4. The zero-order valence-corrected chi connectivity index (χ0v) is 16.5. The molecule has 0 aliphatic heterocycles. The third kappa shape index (κ3) is 4.71. The number of carbonyl (C=O) groups is 2. The second-order valence-corrected chi connectivity index (χ2v) is 7.59. The van der Waals surface area contributed by atoms with Crippen LogP contribution in [0.5, 0.6) is 0 Å². The van der Waals surface area contributed by atoms with Crippen LogP contribution < -0.4 is 0 Å². The Bertz CT molecular complexity index is 916. The van der Waals surface area contributed by atoms with Gasteiger partial charge >= 0.3 is 5.97 Å². The molecular weight excluding hydrogens is 360 g/mol. The van der Waals surface area contributed by atoms with Crippen molar-refractivity contribution in [2.75, 3.05) is 13.7 Å². The van der Waals surface area contributed by atoms with Crippen molar-refractivity contribution < 1.29 is 14.3 Å². The number of benzene rings is 2. The first-order valence-corrected chi connectivity index (χ1v) is 9.58. The number of thiazole rings is 1. The number of para-hydroxylation sites is 1. The second kappa shape index (κ2) is 8.31. The molecule has 3 aromatic rings. The molecule has 0 aliphatic carbocycles. The van der Waals surface area contributed by atoms with Crippen molar-refractivity contribution in [2.24, 2.45) is 0 Å². The number of aryl methyl sites for hydroxylation is 1. The monoisotopic (exact) mass is 382 g/mol. The summed E-state index contributed by atoms with van der Waals surface area (Å²) >= 11 is 1.57. The van der Waals surface area contributed by atoms with Gasteiger partial charge in [0, 0.05) is 7.05 Å². The van der Waals surface area contributed by atoms with Crippen LogP contribution in [0.15, 0.2) is 48.5 Å². The van der Waals surface area contributed by atoms with E-state index in [1.165, 1.54) is 0 Å². The molecule has 3 rings (SSSR count). The van der Waals surface area contributed by atoms with Crippen molar-refractivity contribution in [1.29, 1.82) is 0 Å². The fourth-order valence-electron chi connectivity index (χ4n) is 2.62. The van der Waals surface area contributed by atoms with Gasteiger partial charge in [-0.15, -0.1) is 11.3 Å². The number of aromatic nitrogens is 1. The summed E-state index contributed by atoms with van der Waals surface area (Å²) in [5, 5.41) is 0.859. The molecule has 0 aliphatic rings. The van der Waals surface area contributed by atoms with Gasteiger partial charge in [-0.1, -0.05) is 42.0 Å². The molecular formula is C21H22N2O3S. The molecule has 6 heteroatoms. The lowest BCUT2D eigenvalue weighted by Gasteiger charge is -2.23. The van der Waals surface area contributed by atoms with Crippen molar-refractivity contribution in [3.63, 3.8) is 0 Å². The smallest absolute Gasteiger partial charge is 0.310 e. The fourth-order valence-corrected chi connectivity index (χ4v) is 3.68. The van der Waals surface area contributed by atoms with Crippen LogP contribution in [0, 0.1) is 6.92 Å². The van der Waals surface area contributed by atoms with E-state index < -0.39 is 5.97 Å². The van der Waals surface area contributed by atoms with E-state index in [1.54, 1.807) is 23.3 Å². The van der Waals surface area contributed by atoms with Crippen LogP contribution in [0.3, 0.4) is 0 Å². The molecule has 5 nitrogen and oxygen atoms in total. The summed E-state index contributed by atoms with van der Waals surface area (Å²) in [6.07, 6.45) is 0.157. The topological polar surface area (TPSA) is 59.5 Å². The normalized spacial score (nSPS) is 12.0. The lowest BCUT2D eigenvalue weighted by molar-refractivity contribution is -0.151. The summed E-state index contributed by atoms with van der Waals surface area (Å²) in [7, 11) is 1.70. The van der Waals surface area contributed by atoms with Gasteiger partial charge in [-0.05, 0) is 31.5 Å². The Kier molecular flexibility index (Phi) is 5.86. The van der Waals surface area contributed by atoms with Gasteiger partial charge in [-0.3, -0.25) is 9.59 Å². The molecule has 0 spiro atoms. The van der Waals surface area contributed by atoms with E-state index in [2.05, 4.69) is 4.98 Å². The number of likely N-dealkylation sites (N-methyl/N-ethyl adjacent to an activating group) is 1. The zero-order chi connectivity index (χ0) is 19.4. The average molecular weight is 382 g/mol. The Labute approximate surface area is 162 Å². The van der Waals surface area contributed by atoms with Gasteiger partial charge in [0.15, 0.2) is 6.61 Å². The molecule has 1 aromatic heterocycles. The van der Waals surface area contributed by atoms with E-state index in [1.807, 2.05) is 62.4 Å². The Morgan fingerprint density at radius 1 is 1.15 bits per heavy atom. The predicted octanol–water partition coefficient (Wildman–Crippen LogP) is 3.91. The number of nitrogens with zero attached hydrogens (tertiary/aromatic N) is 2. The van der Waals surface area contributed by atoms with E-state index in [0.717, 1.165) is 26.4 Å². The quantitative estimate of drug-likeness (QED) is 0.607. The van der Waals surface area contributed by atoms with Gasteiger partial charge in [-0.25, -0.2) is 4.98 Å². The van der Waals surface area contributed by atoms with Crippen LogP contribution in [0.4, 0.5) is 0 Å². The number of rotatable bonds is 6. The van der Waals surface area contributed by atoms with Crippen LogP contribution in [-0.2, 0) is 20.7 Å². The standard InChI is InChI=1S/C21H22N2O3S/c1-14-8-10-16(11-9-14)12-20(25)26-13-19(24)23(3)15(2)21-22-17-6-4-5-7-18(17)27-21/h4-11,15H,12-13H2,1-3H3/t15-/m1/s1. The minimum Gasteiger partial charge on any atom is -0.455 e. The van der Waals surface area contributed by atoms with Gasteiger partial charge in [0.25, 0.3) is 5.91 Å². The maximum absolute atomic E-state index is 12.4. The summed E-state index contributed by atoms with van der Waals surface area (Å²) in [5.74, 6) is -0.660. The first kappa shape index (κ1) is 19.0. The van der Waals surface area contributed by atoms with Gasteiger partial charge in [0.1, 0.15) is 5.01 Å². The van der Waals surface area contributed by atoms with E-state index in [-0.39, 0.29) is 25.0 Å². The SMILES string of the molecule is Cc1ccc(CC(=O)OCC(=O)N(C)[C@H](C)c2nc3ccccc3s2)cc1. The van der Waals surface area contributed by atoms with E-state index in [0.29, 0.717) is 0 Å². The molecule has 0 fully saturated rings. The Hall–Kier alpha value is -2.73. The second-order valence-electron chi connectivity index (χ2n) is 6.52. The average Bonchev–Trinajstić information content (AvgIpc) is 3.11. The Morgan fingerprint density at radius 2 is 1.85 bits per heavy atom. The highest BCUT2D eigenvalue weighted by molar-refractivity contribution is 7.18. The van der Waals surface area contributed by atoms with Crippen LogP contribution in [0.2, 0.25) is 0 Å². The highest BCUT2D eigenvalue weighted by atomic mass is 32.1. The fraction of sp³-hybridized carbons (Fsp3) is 0.286. The lowest BCUT2D eigenvalue weighted by Crippen LogP contribution is -2.33. The van der Waals surface area contributed by atoms with Crippen LogP contribution in [-0.4, -0.2) is 35.4 Å². The van der Waals surface area contributed by atoms with Crippen molar-refractivity contribution in [2.45, 2.75) is 26.3 Å². The minimum absolute atomic E-state index is 0.157. The van der Waals surface area contributed by atoms with Crippen molar-refractivity contribution >= 4 is 33.4 Å². The van der Waals surface area contributed by atoms with Crippen LogP contribution >= 0.6 is 11.3 Å². The van der Waals surface area contributed by atoms with Crippen molar-refractivity contribution in [1.82, 2.24) is 9.88 Å². The van der Waals surface area contributed by atoms with E-state index in [4.69, 9.17) is 4.74 Å². The first-order chi connectivity index (χ1) is 12.9. The third-order valence-electron chi connectivity index (χ3n) is 4.47. The molecule has 0 unspecified atom stereocenters. The van der Waals surface area contributed by atoms with Gasteiger partial charge in [-0.2, -0.15) is 0 Å². The first-order valence-electron chi connectivity index (χ1n) is 8.76. The summed E-state index contributed by atoms with van der Waals surface area (Å²) in [5.41, 5.74) is 2.93. The van der Waals surface area contributed by atoms with Gasteiger partial charge in [0.2, 0.25) is 0 Å². The summed E-state index contributed by atoms with van der Waals surface area (Å²) < 4.78 is 6.24. The molecule has 1 amide bonds. The maximum atomic E-state index is 12.4. The van der Waals surface area contributed by atoms with Gasteiger partial charge < -0.3 is 9.64 Å². The third-order valence-corrected chi connectivity index (χ3v) is 5.67. The number of hydrogen-bond donors (Lipinski definition) is 0. The molecule has 27 heavy (non-hydrogen) atoms. The Balaban J connectivity index is 1.54. The summed E-state index contributed by atoms with van der Waals surface area (Å²) in [4.78, 5) is 30.5. The molecule has 0 bridgehead atoms. The molecule has 0 radical (unpaired) electrons. The number of amides is 1. The lowest BCUT2D eigenvalue weighted by atomic mass is 10.1. The molecule has 140 valence electrons. The highest BCUT2D eigenvalue weighted by Crippen LogP contribution is 2.28. The number of esters is 1. The van der Waals surface area contributed by atoms with Crippen LogP contribution in [0.25, 0.3) is 10.2 Å². The highest BCUT2D eigenvalue weighted by Gasteiger charge is 2.21. The molecule has 2 aromatic carbocycles. The molecule has 1 atom stereocenters. The summed E-state index contributed by atoms with van der Waals surface area (Å²) in [6.45, 7) is 3.64. The number of fused-ring (bicyclic) bond motifs is 1. The van der Waals surface area contributed by atoms with Crippen LogP contribution in [0.1, 0.15) is 29.1 Å². The van der Waals surface area contributed by atoms with E-state index in [9.17, 15) is 9.59 Å².